The third-order valence-electron chi connectivity index (χ3n) is 3.25. The molecule has 0 fully saturated rings. The van der Waals surface area contributed by atoms with Crippen molar-refractivity contribution in [1.29, 1.82) is 0 Å². The summed E-state index contributed by atoms with van der Waals surface area (Å²) in [5.74, 6) is -0.299. The van der Waals surface area contributed by atoms with Gasteiger partial charge in [0.1, 0.15) is 5.56 Å². The van der Waals surface area contributed by atoms with Crippen molar-refractivity contribution in [1.82, 2.24) is 0 Å². The Balaban J connectivity index is 2.61. The molecule has 2 rings (SSSR count). The maximum atomic E-state index is 12.6. The summed E-state index contributed by atoms with van der Waals surface area (Å²) in [5, 5.41) is 11.0. The maximum absolute atomic E-state index is 12.6. The fraction of sp³-hybridized carbons (Fsp3) is 0.188. The van der Waals surface area contributed by atoms with Crippen LogP contribution >= 0.6 is 0 Å². The molecule has 20 heavy (non-hydrogen) atoms. The number of ketones is 1. The summed E-state index contributed by atoms with van der Waals surface area (Å²) in [6, 6.07) is 9.87. The van der Waals surface area contributed by atoms with Gasteiger partial charge in [0.05, 0.1) is 4.92 Å². The standard InChI is InChI=1S/C16H15NO3/c1-10-8-11(2)15(12(3)9-10)16(18)13-6-4-5-7-14(13)17(19)20/h4-9H,1-3H3. The monoisotopic (exact) mass is 269 g/mol. The molecule has 0 heterocycles. The molecule has 0 atom stereocenters. The second-order valence-corrected chi connectivity index (χ2v) is 4.88. The van der Waals surface area contributed by atoms with Crippen molar-refractivity contribution in [3.05, 3.63) is 74.3 Å². The molecule has 0 aliphatic rings. The van der Waals surface area contributed by atoms with Gasteiger partial charge in [-0.05, 0) is 38.0 Å². The number of benzene rings is 2. The van der Waals surface area contributed by atoms with Crippen LogP contribution in [-0.2, 0) is 0 Å². The summed E-state index contributed by atoms with van der Waals surface area (Å²) in [7, 11) is 0. The number of rotatable bonds is 3. The van der Waals surface area contributed by atoms with Gasteiger partial charge in [0.15, 0.2) is 5.78 Å². The largest absolute Gasteiger partial charge is 0.288 e. The van der Waals surface area contributed by atoms with Crippen LogP contribution in [0.2, 0.25) is 0 Å². The average molecular weight is 269 g/mol. The number of carbonyl (C=O) groups excluding carboxylic acids is 1. The van der Waals surface area contributed by atoms with Crippen LogP contribution in [0.15, 0.2) is 36.4 Å². The average Bonchev–Trinajstić information content (AvgIpc) is 2.37. The normalized spacial score (nSPS) is 10.3. The highest BCUT2D eigenvalue weighted by molar-refractivity contribution is 6.13. The second-order valence-electron chi connectivity index (χ2n) is 4.88. The van der Waals surface area contributed by atoms with Crippen LogP contribution in [0.25, 0.3) is 0 Å². The van der Waals surface area contributed by atoms with E-state index in [1.165, 1.54) is 12.1 Å². The minimum absolute atomic E-state index is 0.132. The Hall–Kier alpha value is -2.49. The first-order valence-corrected chi connectivity index (χ1v) is 6.27. The summed E-state index contributed by atoms with van der Waals surface area (Å²) in [4.78, 5) is 23.1. The van der Waals surface area contributed by atoms with Crippen molar-refractivity contribution < 1.29 is 9.72 Å². The lowest BCUT2D eigenvalue weighted by Crippen LogP contribution is -2.09. The molecular formula is C16H15NO3. The van der Waals surface area contributed by atoms with Gasteiger partial charge >= 0.3 is 0 Å². The van der Waals surface area contributed by atoms with Gasteiger partial charge < -0.3 is 0 Å². The number of hydrogen-bond acceptors (Lipinski definition) is 3. The fourth-order valence-corrected chi connectivity index (χ4v) is 2.50. The molecule has 0 aliphatic heterocycles. The maximum Gasteiger partial charge on any atom is 0.280 e. The fourth-order valence-electron chi connectivity index (χ4n) is 2.50. The third kappa shape index (κ3) is 2.45. The molecule has 0 aliphatic carbocycles. The lowest BCUT2D eigenvalue weighted by molar-refractivity contribution is -0.385. The molecular weight excluding hydrogens is 254 g/mol. The Labute approximate surface area is 117 Å². The molecule has 2 aromatic rings. The zero-order valence-corrected chi connectivity index (χ0v) is 11.6. The first-order valence-electron chi connectivity index (χ1n) is 6.27. The summed E-state index contributed by atoms with van der Waals surface area (Å²) >= 11 is 0. The molecule has 4 nitrogen and oxygen atoms in total. The predicted molar refractivity (Wildman–Crippen MR) is 77.2 cm³/mol. The molecule has 0 unspecified atom stereocenters. The molecule has 0 N–H and O–H groups in total. The lowest BCUT2D eigenvalue weighted by Gasteiger charge is -2.10. The van der Waals surface area contributed by atoms with E-state index in [1.54, 1.807) is 12.1 Å². The Bertz CT molecular complexity index is 682. The Morgan fingerprint density at radius 3 is 2.15 bits per heavy atom. The van der Waals surface area contributed by atoms with E-state index in [1.807, 2.05) is 32.9 Å². The van der Waals surface area contributed by atoms with E-state index >= 15 is 0 Å². The van der Waals surface area contributed by atoms with Gasteiger partial charge in [0, 0.05) is 11.6 Å². The lowest BCUT2D eigenvalue weighted by atomic mass is 9.92. The van der Waals surface area contributed by atoms with Crippen molar-refractivity contribution in [2.45, 2.75) is 20.8 Å². The van der Waals surface area contributed by atoms with E-state index in [4.69, 9.17) is 0 Å². The van der Waals surface area contributed by atoms with Crippen LogP contribution in [0.5, 0.6) is 0 Å². The zero-order chi connectivity index (χ0) is 14.9. The zero-order valence-electron chi connectivity index (χ0n) is 11.6. The minimum Gasteiger partial charge on any atom is -0.288 e. The van der Waals surface area contributed by atoms with Crippen LogP contribution in [-0.4, -0.2) is 10.7 Å². The van der Waals surface area contributed by atoms with Crippen LogP contribution in [0.4, 0.5) is 5.69 Å². The Morgan fingerprint density at radius 2 is 1.60 bits per heavy atom. The van der Waals surface area contributed by atoms with E-state index in [0.717, 1.165) is 16.7 Å². The SMILES string of the molecule is Cc1cc(C)c(C(=O)c2ccccc2[N+](=O)[O-])c(C)c1. The molecule has 0 amide bonds. The molecule has 0 spiro atoms. The summed E-state index contributed by atoms with van der Waals surface area (Å²) in [6.07, 6.45) is 0. The number of hydrogen-bond donors (Lipinski definition) is 0. The second kappa shape index (κ2) is 5.25. The number of nitro groups is 1. The van der Waals surface area contributed by atoms with E-state index < -0.39 is 4.92 Å². The predicted octanol–water partition coefficient (Wildman–Crippen LogP) is 3.75. The van der Waals surface area contributed by atoms with Crippen LogP contribution in [0, 0.1) is 30.9 Å². The summed E-state index contributed by atoms with van der Waals surface area (Å²) in [6.45, 7) is 5.66. The molecule has 0 radical (unpaired) electrons. The van der Waals surface area contributed by atoms with Crippen molar-refractivity contribution in [2.24, 2.45) is 0 Å². The van der Waals surface area contributed by atoms with Crippen LogP contribution in [0.1, 0.15) is 32.6 Å². The van der Waals surface area contributed by atoms with Gasteiger partial charge in [0.25, 0.3) is 5.69 Å². The van der Waals surface area contributed by atoms with Gasteiger partial charge in [-0.25, -0.2) is 0 Å². The quantitative estimate of drug-likeness (QED) is 0.484. The molecule has 0 saturated heterocycles. The van der Waals surface area contributed by atoms with E-state index in [0.29, 0.717) is 5.56 Å². The molecule has 0 saturated carbocycles. The number of nitrogens with zero attached hydrogens (tertiary/aromatic N) is 1. The van der Waals surface area contributed by atoms with Crippen LogP contribution in [0.3, 0.4) is 0 Å². The number of aryl methyl sites for hydroxylation is 3. The Kier molecular flexibility index (Phi) is 3.66. The highest BCUT2D eigenvalue weighted by Crippen LogP contribution is 2.25. The highest BCUT2D eigenvalue weighted by Gasteiger charge is 2.23. The highest BCUT2D eigenvalue weighted by atomic mass is 16.6. The van der Waals surface area contributed by atoms with E-state index in [-0.39, 0.29) is 17.0 Å². The van der Waals surface area contributed by atoms with Crippen LogP contribution < -0.4 is 0 Å². The van der Waals surface area contributed by atoms with E-state index in [2.05, 4.69) is 0 Å². The van der Waals surface area contributed by atoms with Gasteiger partial charge in [0.2, 0.25) is 0 Å². The topological polar surface area (TPSA) is 60.2 Å². The smallest absolute Gasteiger partial charge is 0.280 e. The van der Waals surface area contributed by atoms with Gasteiger partial charge in [-0.1, -0.05) is 29.8 Å². The number of carbonyl (C=O) groups is 1. The van der Waals surface area contributed by atoms with Gasteiger partial charge in [-0.2, -0.15) is 0 Å². The number of nitro benzene ring substituents is 1. The molecule has 0 bridgehead atoms. The molecule has 0 aromatic heterocycles. The van der Waals surface area contributed by atoms with Crippen molar-refractivity contribution >= 4 is 11.5 Å². The minimum atomic E-state index is -0.522. The van der Waals surface area contributed by atoms with Crippen molar-refractivity contribution in [3.63, 3.8) is 0 Å². The molecule has 4 heteroatoms. The number of para-hydroxylation sites is 1. The van der Waals surface area contributed by atoms with Gasteiger partial charge in [-0.3, -0.25) is 14.9 Å². The van der Waals surface area contributed by atoms with E-state index in [9.17, 15) is 14.9 Å². The van der Waals surface area contributed by atoms with Crippen molar-refractivity contribution in [2.75, 3.05) is 0 Å². The summed E-state index contributed by atoms with van der Waals surface area (Å²) < 4.78 is 0. The first kappa shape index (κ1) is 13.9. The third-order valence-corrected chi connectivity index (χ3v) is 3.25. The van der Waals surface area contributed by atoms with Gasteiger partial charge in [-0.15, -0.1) is 0 Å². The van der Waals surface area contributed by atoms with Crippen molar-refractivity contribution in [3.8, 4) is 0 Å². The molecule has 2 aromatic carbocycles. The Morgan fingerprint density at radius 1 is 1.05 bits per heavy atom. The first-order chi connectivity index (χ1) is 9.41. The summed E-state index contributed by atoms with van der Waals surface area (Å²) in [5.41, 5.74) is 3.27. The molecule has 102 valence electrons.